The number of methoxy groups -OCH3 is 1. The second-order valence-corrected chi connectivity index (χ2v) is 5.58. The maximum Gasteiger partial charge on any atom is 0.189 e. The summed E-state index contributed by atoms with van der Waals surface area (Å²) in [5.74, 6) is -0.891. The molecule has 0 radical (unpaired) electrons. The number of hydrogen-bond acceptors (Lipinski definition) is 2. The summed E-state index contributed by atoms with van der Waals surface area (Å²) < 4.78 is 36.3. The first-order valence-corrected chi connectivity index (χ1v) is 7.63. The van der Waals surface area contributed by atoms with Gasteiger partial charge >= 0.3 is 0 Å². The van der Waals surface area contributed by atoms with Gasteiger partial charge < -0.3 is 9.30 Å². The topological polar surface area (TPSA) is 31.2 Å². The molecule has 0 spiro atoms. The molecule has 1 heterocycles. The molecule has 0 amide bonds. The number of ether oxygens (including phenoxy) is 1. The van der Waals surface area contributed by atoms with Crippen molar-refractivity contribution in [3.8, 4) is 16.9 Å². The van der Waals surface area contributed by atoms with Crippen LogP contribution >= 0.6 is 0 Å². The van der Waals surface area contributed by atoms with Crippen molar-refractivity contribution in [3.05, 3.63) is 63.9 Å². The van der Waals surface area contributed by atoms with Gasteiger partial charge in [0, 0.05) is 18.8 Å². The van der Waals surface area contributed by atoms with E-state index in [4.69, 9.17) is 4.74 Å². The molecule has 0 unspecified atom stereocenters. The molecule has 0 N–H and O–H groups in total. The van der Waals surface area contributed by atoms with E-state index < -0.39 is 11.6 Å². The molecule has 3 aromatic rings. The highest BCUT2D eigenvalue weighted by molar-refractivity contribution is 5.86. The van der Waals surface area contributed by atoms with Crippen LogP contribution in [0.3, 0.4) is 0 Å². The third kappa shape index (κ3) is 2.46. The Balaban J connectivity index is 2.37. The molecule has 0 saturated carbocycles. The van der Waals surface area contributed by atoms with Gasteiger partial charge in [0.05, 0.1) is 23.6 Å². The van der Waals surface area contributed by atoms with E-state index in [0.717, 1.165) is 6.07 Å². The normalized spacial score (nSPS) is 11.0. The molecule has 0 aliphatic rings. The molecule has 124 valence electrons. The van der Waals surface area contributed by atoms with Gasteiger partial charge in [0.1, 0.15) is 11.6 Å². The average molecular weight is 329 g/mol. The number of aryl methyl sites for hydroxylation is 2. The van der Waals surface area contributed by atoms with Gasteiger partial charge in [-0.15, -0.1) is 0 Å². The molecule has 5 heteroatoms. The Morgan fingerprint density at radius 3 is 2.38 bits per heavy atom. The summed E-state index contributed by atoms with van der Waals surface area (Å²) in [6.07, 6.45) is 0.580. The van der Waals surface area contributed by atoms with Crippen molar-refractivity contribution in [2.75, 3.05) is 7.11 Å². The van der Waals surface area contributed by atoms with Crippen LogP contribution < -0.4 is 10.2 Å². The first kappa shape index (κ1) is 16.2. The largest absolute Gasteiger partial charge is 0.497 e. The van der Waals surface area contributed by atoms with Crippen molar-refractivity contribution in [3.63, 3.8) is 0 Å². The van der Waals surface area contributed by atoms with E-state index in [-0.39, 0.29) is 21.9 Å². The third-order valence-electron chi connectivity index (χ3n) is 4.26. The molecule has 0 fully saturated rings. The lowest BCUT2D eigenvalue weighted by atomic mass is 10.0. The molecule has 3 rings (SSSR count). The molecule has 0 atom stereocenters. The van der Waals surface area contributed by atoms with Gasteiger partial charge in [-0.25, -0.2) is 8.78 Å². The van der Waals surface area contributed by atoms with E-state index in [1.54, 1.807) is 35.9 Å². The van der Waals surface area contributed by atoms with Crippen molar-refractivity contribution >= 4 is 10.9 Å². The van der Waals surface area contributed by atoms with Gasteiger partial charge in [-0.3, -0.25) is 4.79 Å². The molecular formula is C19H17F2NO2. The van der Waals surface area contributed by atoms with Crippen molar-refractivity contribution in [2.45, 2.75) is 13.3 Å². The second kappa shape index (κ2) is 6.07. The minimum atomic E-state index is -0.758. The fraction of sp³-hybridized carbons (Fsp3) is 0.211. The zero-order valence-electron chi connectivity index (χ0n) is 13.7. The second-order valence-electron chi connectivity index (χ2n) is 5.58. The Labute approximate surface area is 138 Å². The number of nitrogens with zero attached hydrogens (tertiary/aromatic N) is 1. The lowest BCUT2D eigenvalue weighted by Gasteiger charge is -2.15. The van der Waals surface area contributed by atoms with Crippen LogP contribution in [-0.4, -0.2) is 11.7 Å². The highest BCUT2D eigenvalue weighted by Gasteiger charge is 2.19. The molecule has 2 aromatic carbocycles. The van der Waals surface area contributed by atoms with E-state index in [2.05, 4.69) is 0 Å². The first-order valence-electron chi connectivity index (χ1n) is 7.63. The molecule has 0 aliphatic carbocycles. The highest BCUT2D eigenvalue weighted by atomic mass is 19.1. The monoisotopic (exact) mass is 329 g/mol. The fourth-order valence-corrected chi connectivity index (χ4v) is 2.96. The van der Waals surface area contributed by atoms with Crippen LogP contribution in [0, 0.1) is 11.6 Å². The van der Waals surface area contributed by atoms with Crippen molar-refractivity contribution in [2.24, 2.45) is 7.05 Å². The van der Waals surface area contributed by atoms with Crippen LogP contribution in [0.15, 0.2) is 41.2 Å². The van der Waals surface area contributed by atoms with Gasteiger partial charge in [0.2, 0.25) is 0 Å². The van der Waals surface area contributed by atoms with Crippen LogP contribution in [0.5, 0.6) is 5.75 Å². The molecule has 3 nitrogen and oxygen atoms in total. The summed E-state index contributed by atoms with van der Waals surface area (Å²) >= 11 is 0. The summed E-state index contributed by atoms with van der Waals surface area (Å²) in [5, 5.41) is 0.0435. The number of aromatic nitrogens is 1. The van der Waals surface area contributed by atoms with E-state index in [0.29, 0.717) is 23.4 Å². The van der Waals surface area contributed by atoms with E-state index in [1.165, 1.54) is 13.2 Å². The summed E-state index contributed by atoms with van der Waals surface area (Å²) in [6.45, 7) is 1.88. The predicted molar refractivity (Wildman–Crippen MR) is 90.5 cm³/mol. The Morgan fingerprint density at radius 1 is 1.12 bits per heavy atom. The smallest absolute Gasteiger partial charge is 0.189 e. The number of rotatable bonds is 3. The van der Waals surface area contributed by atoms with Crippen LogP contribution in [0.1, 0.15) is 12.6 Å². The Bertz CT molecular complexity index is 976. The van der Waals surface area contributed by atoms with Crippen LogP contribution in [0.4, 0.5) is 8.78 Å². The Hall–Kier alpha value is -2.69. The number of fused-ring (bicyclic) bond motifs is 1. The molecule has 0 saturated heterocycles. The quantitative estimate of drug-likeness (QED) is 0.726. The Kier molecular flexibility index (Phi) is 4.09. The van der Waals surface area contributed by atoms with Gasteiger partial charge in [0.25, 0.3) is 0 Å². The summed E-state index contributed by atoms with van der Waals surface area (Å²) in [7, 11) is 3.20. The number of pyridine rings is 1. The van der Waals surface area contributed by atoms with Crippen molar-refractivity contribution < 1.29 is 13.5 Å². The number of benzene rings is 2. The SMILES string of the molecule is CCc1cc(=O)c2cc(F)c(-c3ccc(OC)cc3)c(F)c2n1C. The molecule has 0 bridgehead atoms. The third-order valence-corrected chi connectivity index (χ3v) is 4.26. The van der Waals surface area contributed by atoms with Gasteiger partial charge in [-0.2, -0.15) is 0 Å². The minimum absolute atomic E-state index is 0.0435. The fourth-order valence-electron chi connectivity index (χ4n) is 2.96. The molecule has 24 heavy (non-hydrogen) atoms. The lowest BCUT2D eigenvalue weighted by Crippen LogP contribution is -2.13. The van der Waals surface area contributed by atoms with Gasteiger partial charge in [-0.05, 0) is 30.2 Å². The van der Waals surface area contributed by atoms with E-state index >= 15 is 4.39 Å². The summed E-state index contributed by atoms with van der Waals surface area (Å²) in [5.41, 5.74) is 0.680. The zero-order valence-corrected chi connectivity index (χ0v) is 13.7. The Morgan fingerprint density at radius 2 is 1.79 bits per heavy atom. The minimum Gasteiger partial charge on any atom is -0.497 e. The maximum atomic E-state index is 15.1. The van der Waals surface area contributed by atoms with E-state index in [1.807, 2.05) is 6.92 Å². The average Bonchev–Trinajstić information content (AvgIpc) is 2.58. The molecular weight excluding hydrogens is 312 g/mol. The van der Waals surface area contributed by atoms with Crippen LogP contribution in [-0.2, 0) is 13.5 Å². The highest BCUT2D eigenvalue weighted by Crippen LogP contribution is 2.32. The van der Waals surface area contributed by atoms with Gasteiger partial charge in [-0.1, -0.05) is 19.1 Å². The van der Waals surface area contributed by atoms with Crippen LogP contribution in [0.2, 0.25) is 0 Å². The molecule has 1 aromatic heterocycles. The molecule has 0 aliphatic heterocycles. The summed E-state index contributed by atoms with van der Waals surface area (Å²) in [4.78, 5) is 12.2. The first-order chi connectivity index (χ1) is 11.5. The maximum absolute atomic E-state index is 15.1. The summed E-state index contributed by atoms with van der Waals surface area (Å²) in [6, 6.07) is 9.00. The standard InChI is InChI=1S/C19H17F2NO2/c1-4-12-9-16(23)14-10-15(20)17(18(21)19(14)22(12)2)11-5-7-13(24-3)8-6-11/h5-10H,4H2,1-3H3. The van der Waals surface area contributed by atoms with Gasteiger partial charge in [0.15, 0.2) is 11.2 Å². The lowest BCUT2D eigenvalue weighted by molar-refractivity contribution is 0.415. The number of halogens is 2. The number of hydrogen-bond donors (Lipinski definition) is 0. The zero-order chi connectivity index (χ0) is 17.4. The van der Waals surface area contributed by atoms with Crippen molar-refractivity contribution in [1.29, 1.82) is 0 Å². The van der Waals surface area contributed by atoms with Crippen molar-refractivity contribution in [1.82, 2.24) is 4.57 Å². The van der Waals surface area contributed by atoms with Crippen LogP contribution in [0.25, 0.3) is 22.0 Å². The van der Waals surface area contributed by atoms with E-state index in [9.17, 15) is 9.18 Å². The predicted octanol–water partition coefficient (Wildman–Crippen LogP) is 4.05.